The average Bonchev–Trinajstić information content (AvgIpc) is 3.20. The number of carbonyl (C=O) groups is 1. The Hall–Kier alpha value is -1.66. The molecule has 2 aromatic rings. The van der Waals surface area contributed by atoms with Crippen molar-refractivity contribution in [2.75, 3.05) is 7.11 Å². The number of rotatable bonds is 3. The summed E-state index contributed by atoms with van der Waals surface area (Å²) in [4.78, 5) is 16.7. The van der Waals surface area contributed by atoms with Crippen LogP contribution in [0.4, 0.5) is 0 Å². The van der Waals surface area contributed by atoms with Crippen LogP contribution >= 0.6 is 11.3 Å². The summed E-state index contributed by atoms with van der Waals surface area (Å²) in [5, 5.41) is 7.32. The molecule has 1 amide bonds. The van der Waals surface area contributed by atoms with Crippen molar-refractivity contribution in [3.8, 4) is 5.19 Å². The lowest BCUT2D eigenvalue weighted by atomic mass is 9.95. The highest BCUT2D eigenvalue weighted by Crippen LogP contribution is 2.30. The Morgan fingerprint density at radius 2 is 2.38 bits per heavy atom. The quantitative estimate of drug-likeness (QED) is 0.909. The van der Waals surface area contributed by atoms with Crippen molar-refractivity contribution in [1.29, 1.82) is 0 Å². The van der Waals surface area contributed by atoms with Gasteiger partial charge in [0.1, 0.15) is 0 Å². The Kier molecular flexibility index (Phi) is 3.08. The van der Waals surface area contributed by atoms with E-state index in [-0.39, 0.29) is 11.9 Å². The fraction of sp³-hybridized carbons (Fsp3) is 0.467. The van der Waals surface area contributed by atoms with Gasteiger partial charge >= 0.3 is 0 Å². The summed E-state index contributed by atoms with van der Waals surface area (Å²) in [6.07, 6.45) is 3.46. The van der Waals surface area contributed by atoms with Gasteiger partial charge in [0.15, 0.2) is 0 Å². The summed E-state index contributed by atoms with van der Waals surface area (Å²) in [6, 6.07) is 6.91. The van der Waals surface area contributed by atoms with Crippen molar-refractivity contribution in [3.05, 3.63) is 23.8 Å². The molecule has 2 aliphatic rings. The SMILES string of the molecule is COc1nc2ccc(C(=O)N[C@@H]3C[C@H]4CC[C@@H]3N4)cc2s1. The number of fused-ring (bicyclic) bond motifs is 3. The predicted octanol–water partition coefficient (Wildman–Crippen LogP) is 1.93. The van der Waals surface area contributed by atoms with Gasteiger partial charge in [0.25, 0.3) is 11.1 Å². The number of benzene rings is 1. The maximum atomic E-state index is 12.4. The monoisotopic (exact) mass is 303 g/mol. The number of ether oxygens (including phenoxy) is 1. The second-order valence-electron chi connectivity index (χ2n) is 5.73. The molecular weight excluding hydrogens is 286 g/mol. The molecule has 3 atom stereocenters. The lowest BCUT2D eigenvalue weighted by molar-refractivity contribution is 0.0931. The van der Waals surface area contributed by atoms with E-state index in [9.17, 15) is 4.79 Å². The third kappa shape index (κ3) is 2.28. The van der Waals surface area contributed by atoms with Crippen molar-refractivity contribution < 1.29 is 9.53 Å². The number of methoxy groups -OCH3 is 1. The van der Waals surface area contributed by atoms with E-state index in [4.69, 9.17) is 4.74 Å². The van der Waals surface area contributed by atoms with Crippen LogP contribution in [-0.2, 0) is 0 Å². The molecule has 110 valence electrons. The van der Waals surface area contributed by atoms with Crippen LogP contribution in [0.3, 0.4) is 0 Å². The second kappa shape index (κ2) is 4.96. The molecule has 0 saturated carbocycles. The molecule has 1 aromatic heterocycles. The first kappa shape index (κ1) is 13.0. The summed E-state index contributed by atoms with van der Waals surface area (Å²) in [5.74, 6) is 0.00335. The Labute approximate surface area is 126 Å². The van der Waals surface area contributed by atoms with Gasteiger partial charge in [-0.05, 0) is 37.5 Å². The summed E-state index contributed by atoms with van der Waals surface area (Å²) in [6.45, 7) is 0. The fourth-order valence-electron chi connectivity index (χ4n) is 3.37. The molecule has 6 heteroatoms. The van der Waals surface area contributed by atoms with Gasteiger partial charge in [0.05, 0.1) is 17.3 Å². The number of carbonyl (C=O) groups excluding carboxylic acids is 1. The number of hydrogen-bond acceptors (Lipinski definition) is 5. The van der Waals surface area contributed by atoms with E-state index in [1.165, 1.54) is 24.2 Å². The van der Waals surface area contributed by atoms with Crippen LogP contribution < -0.4 is 15.4 Å². The second-order valence-corrected chi connectivity index (χ2v) is 6.72. The Balaban J connectivity index is 1.53. The molecule has 4 rings (SSSR count). The van der Waals surface area contributed by atoms with Gasteiger partial charge in [-0.1, -0.05) is 11.3 Å². The average molecular weight is 303 g/mol. The lowest BCUT2D eigenvalue weighted by Crippen LogP contribution is -2.42. The van der Waals surface area contributed by atoms with Crippen LogP contribution in [0.5, 0.6) is 5.19 Å². The molecule has 21 heavy (non-hydrogen) atoms. The normalized spacial score (nSPS) is 27.2. The van der Waals surface area contributed by atoms with E-state index in [0.29, 0.717) is 22.8 Å². The van der Waals surface area contributed by atoms with Gasteiger partial charge in [0.2, 0.25) is 0 Å². The number of amides is 1. The first-order chi connectivity index (χ1) is 10.2. The molecule has 0 radical (unpaired) electrons. The molecule has 5 nitrogen and oxygen atoms in total. The molecule has 0 aliphatic carbocycles. The van der Waals surface area contributed by atoms with Crippen molar-refractivity contribution in [3.63, 3.8) is 0 Å². The highest BCUT2D eigenvalue weighted by atomic mass is 32.1. The third-order valence-electron chi connectivity index (χ3n) is 4.42. The largest absolute Gasteiger partial charge is 0.473 e. The van der Waals surface area contributed by atoms with Crippen LogP contribution in [0.2, 0.25) is 0 Å². The number of nitrogens with zero attached hydrogens (tertiary/aromatic N) is 1. The van der Waals surface area contributed by atoms with Crippen LogP contribution in [0.25, 0.3) is 10.2 Å². The zero-order valence-electron chi connectivity index (χ0n) is 11.8. The van der Waals surface area contributed by atoms with E-state index >= 15 is 0 Å². The maximum absolute atomic E-state index is 12.4. The van der Waals surface area contributed by atoms with Crippen molar-refractivity contribution in [2.24, 2.45) is 0 Å². The number of hydrogen-bond donors (Lipinski definition) is 2. The molecule has 1 aromatic carbocycles. The minimum atomic E-state index is 0.00335. The standard InChI is InChI=1S/C15H17N3O2S/c1-20-15-18-11-4-2-8(6-13(11)21-15)14(19)17-12-7-9-3-5-10(12)16-9/h2,4,6,9-10,12,16H,3,5,7H2,1H3,(H,17,19)/t9-,10+,12-/m1/s1. The van der Waals surface area contributed by atoms with Crippen molar-refractivity contribution in [2.45, 2.75) is 37.4 Å². The highest BCUT2D eigenvalue weighted by molar-refractivity contribution is 7.20. The number of nitrogens with one attached hydrogen (secondary N) is 2. The van der Waals surface area contributed by atoms with Gasteiger partial charge in [0, 0.05) is 23.7 Å². The van der Waals surface area contributed by atoms with Gasteiger partial charge < -0.3 is 15.4 Å². The first-order valence-electron chi connectivity index (χ1n) is 7.24. The van der Waals surface area contributed by atoms with Crippen molar-refractivity contribution >= 4 is 27.5 Å². The van der Waals surface area contributed by atoms with Gasteiger partial charge in [-0.15, -0.1) is 0 Å². The molecule has 0 spiro atoms. The predicted molar refractivity (Wildman–Crippen MR) is 82.0 cm³/mol. The molecule has 2 N–H and O–H groups in total. The maximum Gasteiger partial charge on any atom is 0.274 e. The Morgan fingerprint density at radius 3 is 3.10 bits per heavy atom. The van der Waals surface area contributed by atoms with E-state index in [0.717, 1.165) is 16.6 Å². The molecule has 2 saturated heterocycles. The Bertz CT molecular complexity index is 699. The van der Waals surface area contributed by atoms with Crippen LogP contribution in [0.15, 0.2) is 18.2 Å². The van der Waals surface area contributed by atoms with E-state index < -0.39 is 0 Å². The summed E-state index contributed by atoms with van der Waals surface area (Å²) in [7, 11) is 1.60. The van der Waals surface area contributed by atoms with Crippen LogP contribution in [0.1, 0.15) is 29.6 Å². The van der Waals surface area contributed by atoms with Gasteiger partial charge in [-0.25, -0.2) is 4.98 Å². The summed E-state index contributed by atoms with van der Waals surface area (Å²) >= 11 is 1.46. The minimum absolute atomic E-state index is 0.00335. The molecule has 2 bridgehead atoms. The molecule has 3 heterocycles. The van der Waals surface area contributed by atoms with Gasteiger partial charge in [-0.2, -0.15) is 0 Å². The summed E-state index contributed by atoms with van der Waals surface area (Å²) < 4.78 is 6.12. The fourth-order valence-corrected chi connectivity index (χ4v) is 4.19. The minimum Gasteiger partial charge on any atom is -0.473 e. The molecular formula is C15H17N3O2S. The van der Waals surface area contributed by atoms with E-state index in [2.05, 4.69) is 15.6 Å². The zero-order chi connectivity index (χ0) is 14.4. The molecule has 0 unspecified atom stereocenters. The molecule has 2 aliphatic heterocycles. The third-order valence-corrected chi connectivity index (χ3v) is 5.40. The lowest BCUT2D eigenvalue weighted by Gasteiger charge is -2.21. The smallest absolute Gasteiger partial charge is 0.274 e. The number of thiazole rings is 1. The van der Waals surface area contributed by atoms with E-state index in [1.807, 2.05) is 18.2 Å². The van der Waals surface area contributed by atoms with Crippen LogP contribution in [-0.4, -0.2) is 36.1 Å². The molecule has 2 fully saturated rings. The van der Waals surface area contributed by atoms with E-state index in [1.54, 1.807) is 7.11 Å². The first-order valence-corrected chi connectivity index (χ1v) is 8.06. The zero-order valence-corrected chi connectivity index (χ0v) is 12.6. The van der Waals surface area contributed by atoms with Crippen LogP contribution in [0, 0.1) is 0 Å². The Morgan fingerprint density at radius 1 is 1.48 bits per heavy atom. The number of aromatic nitrogens is 1. The highest BCUT2D eigenvalue weighted by Gasteiger charge is 2.39. The van der Waals surface area contributed by atoms with Crippen molar-refractivity contribution in [1.82, 2.24) is 15.6 Å². The summed E-state index contributed by atoms with van der Waals surface area (Å²) in [5.41, 5.74) is 1.56. The topological polar surface area (TPSA) is 63.2 Å². The van der Waals surface area contributed by atoms with Gasteiger partial charge in [-0.3, -0.25) is 4.79 Å².